The van der Waals surface area contributed by atoms with Gasteiger partial charge in [-0.25, -0.2) is 18.7 Å². The molecule has 8 heteroatoms. The van der Waals surface area contributed by atoms with Crippen LogP contribution in [0.2, 0.25) is 0 Å². The SMILES string of the molecule is Cc1cc(C)nc(N2CC[C@@H]3[C@@H](CO[C@H]3CC(=O)NCc3cc(F)cc(F)c3)C2)n1. The highest BCUT2D eigenvalue weighted by Crippen LogP contribution is 2.36. The van der Waals surface area contributed by atoms with Crippen molar-refractivity contribution in [3.05, 3.63) is 52.9 Å². The molecule has 2 fully saturated rings. The van der Waals surface area contributed by atoms with Gasteiger partial charge in [-0.15, -0.1) is 0 Å². The van der Waals surface area contributed by atoms with E-state index in [0.29, 0.717) is 24.0 Å². The normalized spacial score (nSPS) is 23.3. The molecule has 3 atom stereocenters. The number of nitrogens with zero attached hydrogens (tertiary/aromatic N) is 3. The highest BCUT2D eigenvalue weighted by Gasteiger charge is 2.42. The summed E-state index contributed by atoms with van der Waals surface area (Å²) in [5.41, 5.74) is 2.30. The first-order valence-corrected chi connectivity index (χ1v) is 10.3. The van der Waals surface area contributed by atoms with Crippen molar-refractivity contribution in [2.24, 2.45) is 11.8 Å². The van der Waals surface area contributed by atoms with Crippen LogP contribution in [0.4, 0.5) is 14.7 Å². The molecule has 0 saturated carbocycles. The fraction of sp³-hybridized carbons (Fsp3) is 0.500. The number of halogens is 2. The Morgan fingerprint density at radius 3 is 2.57 bits per heavy atom. The van der Waals surface area contributed by atoms with Gasteiger partial charge >= 0.3 is 0 Å². The Balaban J connectivity index is 1.31. The van der Waals surface area contributed by atoms with Crippen molar-refractivity contribution < 1.29 is 18.3 Å². The minimum absolute atomic E-state index is 0.0894. The summed E-state index contributed by atoms with van der Waals surface area (Å²) in [6.45, 7) is 6.28. The highest BCUT2D eigenvalue weighted by molar-refractivity contribution is 5.76. The summed E-state index contributed by atoms with van der Waals surface area (Å²) in [5.74, 6) is -0.0795. The van der Waals surface area contributed by atoms with Gasteiger partial charge in [-0.05, 0) is 49.9 Å². The largest absolute Gasteiger partial charge is 0.377 e. The lowest BCUT2D eigenvalue weighted by atomic mass is 9.83. The molecule has 2 aliphatic rings. The first-order chi connectivity index (χ1) is 14.4. The zero-order chi connectivity index (χ0) is 21.3. The second-order valence-corrected chi connectivity index (χ2v) is 8.24. The van der Waals surface area contributed by atoms with Gasteiger partial charge in [-0.3, -0.25) is 4.79 Å². The Bertz CT molecular complexity index is 899. The van der Waals surface area contributed by atoms with Crippen molar-refractivity contribution in [2.45, 2.75) is 39.3 Å². The van der Waals surface area contributed by atoms with E-state index in [0.717, 1.165) is 42.9 Å². The van der Waals surface area contributed by atoms with E-state index >= 15 is 0 Å². The number of anilines is 1. The number of carbonyl (C=O) groups is 1. The molecule has 2 saturated heterocycles. The number of benzene rings is 1. The van der Waals surface area contributed by atoms with Crippen LogP contribution in [0.5, 0.6) is 0 Å². The van der Waals surface area contributed by atoms with Gasteiger partial charge in [0.2, 0.25) is 11.9 Å². The molecule has 1 aromatic heterocycles. The summed E-state index contributed by atoms with van der Waals surface area (Å²) >= 11 is 0. The molecule has 2 aromatic rings. The number of aromatic nitrogens is 2. The van der Waals surface area contributed by atoms with Gasteiger partial charge in [0.25, 0.3) is 0 Å². The predicted molar refractivity (Wildman–Crippen MR) is 108 cm³/mol. The fourth-order valence-corrected chi connectivity index (χ4v) is 4.50. The van der Waals surface area contributed by atoms with Crippen molar-refractivity contribution >= 4 is 11.9 Å². The standard InChI is InChI=1S/C22H26F2N4O2/c1-13-5-14(2)27-22(26-13)28-4-3-19-16(11-28)12-30-20(19)9-21(29)25-10-15-6-17(23)8-18(24)7-15/h5-8,16,19-20H,3-4,9-12H2,1-2H3,(H,25,29)/t16-,19-,20+/m1/s1. The van der Waals surface area contributed by atoms with Crippen LogP contribution in [0, 0.1) is 37.3 Å². The molecule has 0 aliphatic carbocycles. The Hall–Kier alpha value is -2.61. The van der Waals surface area contributed by atoms with Gasteiger partial charge in [0, 0.05) is 43.0 Å². The first-order valence-electron chi connectivity index (χ1n) is 10.3. The molecule has 0 bridgehead atoms. The van der Waals surface area contributed by atoms with Crippen molar-refractivity contribution in [3.8, 4) is 0 Å². The first kappa shape index (κ1) is 20.7. The van der Waals surface area contributed by atoms with E-state index in [9.17, 15) is 13.6 Å². The molecular formula is C22H26F2N4O2. The van der Waals surface area contributed by atoms with Crippen LogP contribution in [-0.2, 0) is 16.1 Å². The minimum atomic E-state index is -0.652. The summed E-state index contributed by atoms with van der Waals surface area (Å²) in [6, 6.07) is 5.21. The second-order valence-electron chi connectivity index (χ2n) is 8.24. The van der Waals surface area contributed by atoms with Crippen LogP contribution >= 0.6 is 0 Å². The lowest BCUT2D eigenvalue weighted by molar-refractivity contribution is -0.123. The number of aryl methyl sites for hydroxylation is 2. The second kappa shape index (κ2) is 8.63. The number of nitrogens with one attached hydrogen (secondary N) is 1. The number of fused-ring (bicyclic) bond motifs is 1. The molecule has 30 heavy (non-hydrogen) atoms. The molecule has 0 unspecified atom stereocenters. The Morgan fingerprint density at radius 1 is 1.17 bits per heavy atom. The molecule has 0 radical (unpaired) electrons. The van der Waals surface area contributed by atoms with Crippen molar-refractivity contribution in [3.63, 3.8) is 0 Å². The summed E-state index contributed by atoms with van der Waals surface area (Å²) in [6.07, 6.45) is 1.02. The quantitative estimate of drug-likeness (QED) is 0.812. The molecule has 1 N–H and O–H groups in total. The minimum Gasteiger partial charge on any atom is -0.377 e. The molecule has 3 heterocycles. The van der Waals surface area contributed by atoms with Crippen LogP contribution in [0.3, 0.4) is 0 Å². The average molecular weight is 416 g/mol. The number of piperidine rings is 1. The lowest BCUT2D eigenvalue weighted by Gasteiger charge is -2.35. The van der Waals surface area contributed by atoms with E-state index in [2.05, 4.69) is 20.2 Å². The van der Waals surface area contributed by atoms with Gasteiger partial charge in [-0.1, -0.05) is 0 Å². The maximum Gasteiger partial charge on any atom is 0.225 e. The Labute approximate surface area is 174 Å². The van der Waals surface area contributed by atoms with Crippen LogP contribution in [0.1, 0.15) is 29.8 Å². The number of ether oxygens (including phenoxy) is 1. The van der Waals surface area contributed by atoms with E-state index in [1.807, 2.05) is 19.9 Å². The Kier molecular flexibility index (Phi) is 5.94. The van der Waals surface area contributed by atoms with E-state index in [1.165, 1.54) is 12.1 Å². The topological polar surface area (TPSA) is 67.4 Å². The molecule has 4 rings (SSSR count). The van der Waals surface area contributed by atoms with Crippen LogP contribution in [0.25, 0.3) is 0 Å². The van der Waals surface area contributed by atoms with Gasteiger partial charge in [-0.2, -0.15) is 0 Å². The highest BCUT2D eigenvalue weighted by atomic mass is 19.1. The number of amides is 1. The van der Waals surface area contributed by atoms with Gasteiger partial charge in [0.15, 0.2) is 0 Å². The van der Waals surface area contributed by atoms with Crippen LogP contribution < -0.4 is 10.2 Å². The number of hydrogen-bond donors (Lipinski definition) is 1. The summed E-state index contributed by atoms with van der Waals surface area (Å²) in [4.78, 5) is 23.7. The zero-order valence-electron chi connectivity index (χ0n) is 17.2. The lowest BCUT2D eigenvalue weighted by Crippen LogP contribution is -2.43. The number of hydrogen-bond acceptors (Lipinski definition) is 5. The third-order valence-electron chi connectivity index (χ3n) is 5.85. The molecule has 2 aliphatic heterocycles. The number of carbonyl (C=O) groups excluding carboxylic acids is 1. The Morgan fingerprint density at radius 2 is 1.87 bits per heavy atom. The van der Waals surface area contributed by atoms with Crippen molar-refractivity contribution in [1.82, 2.24) is 15.3 Å². The summed E-state index contributed by atoms with van der Waals surface area (Å²) in [7, 11) is 0. The molecule has 1 amide bonds. The van der Waals surface area contributed by atoms with E-state index < -0.39 is 11.6 Å². The smallest absolute Gasteiger partial charge is 0.225 e. The molecular weight excluding hydrogens is 390 g/mol. The molecule has 6 nitrogen and oxygen atoms in total. The fourth-order valence-electron chi connectivity index (χ4n) is 4.50. The van der Waals surface area contributed by atoms with Gasteiger partial charge < -0.3 is 15.0 Å². The average Bonchev–Trinajstić information content (AvgIpc) is 3.07. The molecule has 160 valence electrons. The van der Waals surface area contributed by atoms with Gasteiger partial charge in [0.1, 0.15) is 11.6 Å². The third kappa shape index (κ3) is 4.75. The van der Waals surface area contributed by atoms with Crippen LogP contribution in [-0.4, -0.2) is 41.7 Å². The zero-order valence-corrected chi connectivity index (χ0v) is 17.2. The van der Waals surface area contributed by atoms with Crippen LogP contribution in [0.15, 0.2) is 24.3 Å². The van der Waals surface area contributed by atoms with E-state index in [1.54, 1.807) is 0 Å². The van der Waals surface area contributed by atoms with E-state index in [-0.39, 0.29) is 25.0 Å². The maximum absolute atomic E-state index is 13.3. The van der Waals surface area contributed by atoms with E-state index in [4.69, 9.17) is 4.74 Å². The monoisotopic (exact) mass is 416 g/mol. The maximum atomic E-state index is 13.3. The van der Waals surface area contributed by atoms with Gasteiger partial charge in [0.05, 0.1) is 19.1 Å². The summed E-state index contributed by atoms with van der Waals surface area (Å²) < 4.78 is 32.5. The van der Waals surface area contributed by atoms with Crippen molar-refractivity contribution in [1.29, 1.82) is 0 Å². The summed E-state index contributed by atoms with van der Waals surface area (Å²) in [5, 5.41) is 2.74. The predicted octanol–water partition coefficient (Wildman–Crippen LogP) is 2.92. The molecule has 0 spiro atoms. The molecule has 1 aromatic carbocycles. The van der Waals surface area contributed by atoms with Crippen molar-refractivity contribution in [2.75, 3.05) is 24.6 Å². The number of rotatable bonds is 5. The third-order valence-corrected chi connectivity index (χ3v) is 5.85.